The Balaban J connectivity index is 1.87. The summed E-state index contributed by atoms with van der Waals surface area (Å²) in [5, 5.41) is 4.80. The third-order valence-corrected chi connectivity index (χ3v) is 5.20. The Hall–Kier alpha value is -3.49. The number of hydrazone groups is 1. The highest BCUT2D eigenvalue weighted by Gasteiger charge is 2.37. The summed E-state index contributed by atoms with van der Waals surface area (Å²) in [4.78, 5) is 12.9. The van der Waals surface area contributed by atoms with Crippen LogP contribution >= 0.6 is 0 Å². The molecule has 1 aliphatic rings. The molecule has 9 heteroatoms. The monoisotopic (exact) mass is 419 g/mol. The zero-order valence-electron chi connectivity index (χ0n) is 16.0. The number of aromatic nitrogens is 1. The summed E-state index contributed by atoms with van der Waals surface area (Å²) in [6.07, 6.45) is 1.50. The molecule has 4 rings (SSSR count). The predicted molar refractivity (Wildman–Crippen MR) is 102 cm³/mol. The zero-order valence-corrected chi connectivity index (χ0v) is 16.0. The first-order valence-corrected chi connectivity index (χ1v) is 8.82. The van der Waals surface area contributed by atoms with Crippen molar-refractivity contribution in [2.45, 2.75) is 13.8 Å². The van der Waals surface area contributed by atoms with Crippen LogP contribution < -0.4 is 5.01 Å². The summed E-state index contributed by atoms with van der Waals surface area (Å²) in [6.45, 7) is 3.25. The Bertz CT molecular complexity index is 1280. The van der Waals surface area contributed by atoms with Crippen LogP contribution in [-0.4, -0.2) is 16.2 Å². The summed E-state index contributed by atoms with van der Waals surface area (Å²) < 4.78 is 70.8. The molecular weight excluding hydrogens is 405 g/mol. The molecule has 1 aromatic heterocycles. The van der Waals surface area contributed by atoms with Crippen LogP contribution in [0.2, 0.25) is 0 Å². The molecule has 2 aromatic carbocycles. The smallest absolute Gasteiger partial charge is 0.280 e. The lowest BCUT2D eigenvalue weighted by Gasteiger charge is -2.15. The average molecular weight is 419 g/mol. The van der Waals surface area contributed by atoms with E-state index in [1.807, 2.05) is 42.8 Å². The van der Waals surface area contributed by atoms with Gasteiger partial charge < -0.3 is 4.57 Å². The van der Waals surface area contributed by atoms with Gasteiger partial charge in [-0.05, 0) is 26.0 Å². The van der Waals surface area contributed by atoms with E-state index in [1.165, 1.54) is 13.0 Å². The van der Waals surface area contributed by atoms with Crippen molar-refractivity contribution in [3.8, 4) is 0 Å². The first-order chi connectivity index (χ1) is 14.1. The number of amides is 1. The Labute approximate surface area is 167 Å². The number of carbonyl (C=O) groups excluding carboxylic acids is 1. The number of hydrogen-bond donors (Lipinski definition) is 0. The van der Waals surface area contributed by atoms with Gasteiger partial charge in [0.25, 0.3) is 5.91 Å². The second-order valence-electron chi connectivity index (χ2n) is 6.85. The Kier molecular flexibility index (Phi) is 4.48. The average Bonchev–Trinajstić information content (AvgIpc) is 3.14. The fraction of sp³-hybridized carbons (Fsp3) is 0.143. The Morgan fingerprint density at radius 3 is 2.10 bits per heavy atom. The van der Waals surface area contributed by atoms with Crippen LogP contribution in [0.1, 0.15) is 18.2 Å². The molecule has 0 saturated carbocycles. The van der Waals surface area contributed by atoms with Crippen molar-refractivity contribution >= 4 is 34.3 Å². The van der Waals surface area contributed by atoms with E-state index in [0.717, 1.165) is 16.6 Å². The molecule has 0 fully saturated rings. The number of anilines is 1. The van der Waals surface area contributed by atoms with E-state index in [4.69, 9.17) is 0 Å². The lowest BCUT2D eigenvalue weighted by molar-refractivity contribution is -0.114. The molecule has 0 spiro atoms. The fourth-order valence-corrected chi connectivity index (χ4v) is 3.49. The van der Waals surface area contributed by atoms with Crippen LogP contribution in [0.15, 0.2) is 34.9 Å². The molecule has 0 radical (unpaired) electrons. The molecule has 0 bridgehead atoms. The zero-order chi connectivity index (χ0) is 21.9. The number of aryl methyl sites for hydroxylation is 1. The van der Waals surface area contributed by atoms with Gasteiger partial charge >= 0.3 is 0 Å². The van der Waals surface area contributed by atoms with Gasteiger partial charge in [-0.25, -0.2) is 22.0 Å². The molecular formula is C21H14F5N3O. The normalized spacial score (nSPS) is 15.6. The molecule has 4 nitrogen and oxygen atoms in total. The minimum absolute atomic E-state index is 0.0154. The van der Waals surface area contributed by atoms with Gasteiger partial charge in [-0.2, -0.15) is 10.1 Å². The van der Waals surface area contributed by atoms with Crippen molar-refractivity contribution < 1.29 is 26.7 Å². The number of fused-ring (bicyclic) bond motifs is 1. The van der Waals surface area contributed by atoms with Crippen molar-refractivity contribution in [1.29, 1.82) is 0 Å². The molecule has 0 atom stereocenters. The number of benzene rings is 2. The number of para-hydroxylation sites is 1. The molecule has 0 unspecified atom stereocenters. The minimum Gasteiger partial charge on any atom is -0.347 e. The van der Waals surface area contributed by atoms with Crippen LogP contribution in [-0.2, 0) is 11.8 Å². The summed E-state index contributed by atoms with van der Waals surface area (Å²) >= 11 is 0. The van der Waals surface area contributed by atoms with Crippen molar-refractivity contribution in [2.24, 2.45) is 12.1 Å². The van der Waals surface area contributed by atoms with Crippen LogP contribution in [0.5, 0.6) is 0 Å². The van der Waals surface area contributed by atoms with E-state index in [-0.39, 0.29) is 16.3 Å². The van der Waals surface area contributed by atoms with Crippen LogP contribution in [0, 0.1) is 36.0 Å². The van der Waals surface area contributed by atoms with E-state index in [0.29, 0.717) is 5.56 Å². The van der Waals surface area contributed by atoms with Crippen molar-refractivity contribution in [2.75, 3.05) is 5.01 Å². The molecule has 1 aliphatic heterocycles. The van der Waals surface area contributed by atoms with Gasteiger partial charge in [0.05, 0.1) is 11.3 Å². The number of hydrogen-bond acceptors (Lipinski definition) is 2. The van der Waals surface area contributed by atoms with Gasteiger partial charge in [0.1, 0.15) is 5.69 Å². The standard InChI is InChI=1S/C21H14F5N3O/c1-9-12(8-13-10(2)28(3)14-7-5-4-6-11(13)14)21(30)29(27-9)20-18(25)16(23)15(22)17(24)19(20)26/h4-8H,1-3H3/b12-8+. The first kappa shape index (κ1) is 19.8. The maximum absolute atomic E-state index is 14.2. The molecule has 3 aromatic rings. The quantitative estimate of drug-likeness (QED) is 0.250. The second kappa shape index (κ2) is 6.79. The molecule has 0 saturated heterocycles. The molecule has 30 heavy (non-hydrogen) atoms. The van der Waals surface area contributed by atoms with Crippen LogP contribution in [0.25, 0.3) is 17.0 Å². The van der Waals surface area contributed by atoms with Crippen LogP contribution in [0.4, 0.5) is 27.6 Å². The Morgan fingerprint density at radius 1 is 0.900 bits per heavy atom. The lowest BCUT2D eigenvalue weighted by atomic mass is 10.0. The number of nitrogens with zero attached hydrogens (tertiary/aromatic N) is 3. The molecule has 1 amide bonds. The van der Waals surface area contributed by atoms with E-state index in [9.17, 15) is 26.7 Å². The summed E-state index contributed by atoms with van der Waals surface area (Å²) in [6, 6.07) is 7.42. The van der Waals surface area contributed by atoms with Gasteiger partial charge in [-0.15, -0.1) is 0 Å². The second-order valence-corrected chi connectivity index (χ2v) is 6.85. The number of rotatable bonds is 2. The number of halogens is 5. The highest BCUT2D eigenvalue weighted by Crippen LogP contribution is 2.35. The third kappa shape index (κ3) is 2.65. The number of carbonyl (C=O) groups is 1. The van der Waals surface area contributed by atoms with Gasteiger partial charge in [-0.1, -0.05) is 18.2 Å². The van der Waals surface area contributed by atoms with E-state index in [2.05, 4.69) is 5.10 Å². The van der Waals surface area contributed by atoms with Crippen molar-refractivity contribution in [3.63, 3.8) is 0 Å². The summed E-state index contributed by atoms with van der Waals surface area (Å²) in [7, 11) is 1.85. The van der Waals surface area contributed by atoms with Gasteiger partial charge in [-0.3, -0.25) is 4.79 Å². The lowest BCUT2D eigenvalue weighted by Crippen LogP contribution is -2.25. The maximum Gasteiger partial charge on any atom is 0.280 e. The van der Waals surface area contributed by atoms with Crippen molar-refractivity contribution in [1.82, 2.24) is 4.57 Å². The van der Waals surface area contributed by atoms with E-state index < -0.39 is 40.7 Å². The summed E-state index contributed by atoms with van der Waals surface area (Å²) in [5.74, 6) is -11.8. The van der Waals surface area contributed by atoms with Gasteiger partial charge in [0, 0.05) is 29.2 Å². The fourth-order valence-electron chi connectivity index (χ4n) is 3.49. The highest BCUT2D eigenvalue weighted by molar-refractivity contribution is 6.32. The maximum atomic E-state index is 14.2. The minimum atomic E-state index is -2.30. The predicted octanol–water partition coefficient (Wildman–Crippen LogP) is 4.99. The van der Waals surface area contributed by atoms with E-state index in [1.54, 1.807) is 0 Å². The largest absolute Gasteiger partial charge is 0.347 e. The van der Waals surface area contributed by atoms with Crippen LogP contribution in [0.3, 0.4) is 0 Å². The molecule has 154 valence electrons. The molecule has 2 heterocycles. The topological polar surface area (TPSA) is 37.6 Å². The molecule has 0 aliphatic carbocycles. The molecule has 0 N–H and O–H groups in total. The SMILES string of the molecule is CC1=NN(c2c(F)c(F)c(F)c(F)c2F)C(=O)/C1=C/c1c(C)n(C)c2ccccc12. The first-order valence-electron chi connectivity index (χ1n) is 8.82. The van der Waals surface area contributed by atoms with Crippen molar-refractivity contribution in [3.05, 3.63) is 70.2 Å². The Morgan fingerprint density at radius 2 is 1.47 bits per heavy atom. The van der Waals surface area contributed by atoms with Gasteiger partial charge in [0.15, 0.2) is 23.3 Å². The van der Waals surface area contributed by atoms with E-state index >= 15 is 0 Å². The van der Waals surface area contributed by atoms with Gasteiger partial charge in [0.2, 0.25) is 5.82 Å². The third-order valence-electron chi connectivity index (χ3n) is 5.20. The highest BCUT2D eigenvalue weighted by atomic mass is 19.2. The summed E-state index contributed by atoms with van der Waals surface area (Å²) in [5.41, 5.74) is 1.06.